The Morgan fingerprint density at radius 2 is 2.05 bits per heavy atom. The average molecular weight is 276 g/mol. The maximum atomic E-state index is 5.96. The molecule has 2 N–H and O–H groups in total. The van der Waals surface area contributed by atoms with Gasteiger partial charge in [0.2, 0.25) is 0 Å². The Balaban J connectivity index is 2.08. The van der Waals surface area contributed by atoms with Crippen molar-refractivity contribution in [3.8, 4) is 0 Å². The highest BCUT2D eigenvalue weighted by Crippen LogP contribution is 2.30. The van der Waals surface area contributed by atoms with E-state index in [9.17, 15) is 0 Å². The van der Waals surface area contributed by atoms with Crippen molar-refractivity contribution in [2.75, 3.05) is 19.6 Å². The second-order valence-electron chi connectivity index (χ2n) is 6.37. The topological polar surface area (TPSA) is 29.3 Å². The van der Waals surface area contributed by atoms with Gasteiger partial charge in [-0.25, -0.2) is 0 Å². The SMILES string of the molecule is CC1(C)CCCN(CC(C(N)=S)c2ccccc2)C1. The lowest BCUT2D eigenvalue weighted by Gasteiger charge is -2.39. The van der Waals surface area contributed by atoms with E-state index in [4.69, 9.17) is 18.0 Å². The summed E-state index contributed by atoms with van der Waals surface area (Å²) < 4.78 is 0. The van der Waals surface area contributed by atoms with Crippen LogP contribution in [-0.2, 0) is 0 Å². The first-order chi connectivity index (χ1) is 8.98. The van der Waals surface area contributed by atoms with Gasteiger partial charge in [0.25, 0.3) is 0 Å². The Morgan fingerprint density at radius 3 is 2.63 bits per heavy atom. The smallest absolute Gasteiger partial charge is 0.0816 e. The number of thiocarbonyl (C=S) groups is 1. The van der Waals surface area contributed by atoms with Crippen molar-refractivity contribution < 1.29 is 0 Å². The number of hydrogen-bond acceptors (Lipinski definition) is 2. The van der Waals surface area contributed by atoms with Crippen LogP contribution in [0.2, 0.25) is 0 Å². The molecule has 0 radical (unpaired) electrons. The lowest BCUT2D eigenvalue weighted by Crippen LogP contribution is -2.43. The van der Waals surface area contributed by atoms with Crippen molar-refractivity contribution in [3.05, 3.63) is 35.9 Å². The fourth-order valence-electron chi connectivity index (χ4n) is 3.00. The van der Waals surface area contributed by atoms with Gasteiger partial charge in [-0.05, 0) is 30.4 Å². The molecule has 1 aromatic rings. The van der Waals surface area contributed by atoms with Crippen molar-refractivity contribution >= 4 is 17.2 Å². The molecule has 0 spiro atoms. The number of piperidine rings is 1. The van der Waals surface area contributed by atoms with Crippen LogP contribution in [0.4, 0.5) is 0 Å². The van der Waals surface area contributed by atoms with E-state index >= 15 is 0 Å². The zero-order valence-electron chi connectivity index (χ0n) is 11.9. The van der Waals surface area contributed by atoms with Crippen LogP contribution in [-0.4, -0.2) is 29.5 Å². The highest BCUT2D eigenvalue weighted by atomic mass is 32.1. The number of nitrogens with two attached hydrogens (primary N) is 1. The van der Waals surface area contributed by atoms with E-state index in [1.54, 1.807) is 0 Å². The molecule has 104 valence electrons. The third kappa shape index (κ3) is 4.02. The molecule has 19 heavy (non-hydrogen) atoms. The van der Waals surface area contributed by atoms with Crippen LogP contribution >= 0.6 is 12.2 Å². The molecule has 0 saturated carbocycles. The maximum absolute atomic E-state index is 5.96. The van der Waals surface area contributed by atoms with E-state index in [0.717, 1.165) is 19.6 Å². The molecule has 0 aromatic heterocycles. The third-order valence-corrected chi connectivity index (χ3v) is 4.25. The molecule has 1 unspecified atom stereocenters. The minimum absolute atomic E-state index is 0.171. The van der Waals surface area contributed by atoms with Gasteiger partial charge in [0.15, 0.2) is 0 Å². The average Bonchev–Trinajstić information content (AvgIpc) is 2.35. The van der Waals surface area contributed by atoms with Crippen LogP contribution in [0.3, 0.4) is 0 Å². The van der Waals surface area contributed by atoms with Crippen molar-refractivity contribution in [3.63, 3.8) is 0 Å². The van der Waals surface area contributed by atoms with E-state index in [-0.39, 0.29) is 5.92 Å². The number of hydrogen-bond donors (Lipinski definition) is 1. The van der Waals surface area contributed by atoms with E-state index in [1.807, 2.05) is 6.07 Å². The fourth-order valence-corrected chi connectivity index (χ4v) is 3.21. The molecule has 1 aliphatic rings. The standard InChI is InChI=1S/C16H24N2S/c1-16(2)9-6-10-18(12-16)11-14(15(17)19)13-7-4-3-5-8-13/h3-5,7-8,14H,6,9-12H2,1-2H3,(H2,17,19). The van der Waals surface area contributed by atoms with Gasteiger partial charge in [0.1, 0.15) is 0 Å². The first kappa shape index (κ1) is 14.5. The molecule has 1 heterocycles. The summed E-state index contributed by atoms with van der Waals surface area (Å²) in [6, 6.07) is 10.4. The van der Waals surface area contributed by atoms with Gasteiger partial charge in [-0.2, -0.15) is 0 Å². The van der Waals surface area contributed by atoms with Gasteiger partial charge in [-0.15, -0.1) is 0 Å². The number of rotatable bonds is 4. The molecular formula is C16H24N2S. The molecule has 1 aromatic carbocycles. The highest BCUT2D eigenvalue weighted by Gasteiger charge is 2.28. The summed E-state index contributed by atoms with van der Waals surface area (Å²) in [5, 5.41) is 0. The van der Waals surface area contributed by atoms with Gasteiger partial charge in [0.05, 0.1) is 4.99 Å². The van der Waals surface area contributed by atoms with Crippen molar-refractivity contribution in [1.29, 1.82) is 0 Å². The first-order valence-electron chi connectivity index (χ1n) is 7.04. The summed E-state index contributed by atoms with van der Waals surface area (Å²) in [7, 11) is 0. The van der Waals surface area contributed by atoms with E-state index in [2.05, 4.69) is 43.0 Å². The summed E-state index contributed by atoms with van der Waals surface area (Å²) in [5.41, 5.74) is 7.61. The largest absolute Gasteiger partial charge is 0.393 e. The summed E-state index contributed by atoms with van der Waals surface area (Å²) in [4.78, 5) is 3.12. The predicted octanol–water partition coefficient (Wildman–Crippen LogP) is 3.18. The highest BCUT2D eigenvalue weighted by molar-refractivity contribution is 7.80. The van der Waals surface area contributed by atoms with E-state index < -0.39 is 0 Å². The molecule has 1 aliphatic heterocycles. The fraction of sp³-hybridized carbons (Fsp3) is 0.562. The van der Waals surface area contributed by atoms with E-state index in [1.165, 1.54) is 18.4 Å². The Hall–Kier alpha value is -0.930. The minimum atomic E-state index is 0.171. The van der Waals surface area contributed by atoms with Gasteiger partial charge >= 0.3 is 0 Å². The molecular weight excluding hydrogens is 252 g/mol. The number of nitrogens with zero attached hydrogens (tertiary/aromatic N) is 1. The normalized spacial score (nSPS) is 20.9. The monoisotopic (exact) mass is 276 g/mol. The second-order valence-corrected chi connectivity index (χ2v) is 6.84. The van der Waals surface area contributed by atoms with Crippen LogP contribution in [0, 0.1) is 5.41 Å². The Kier molecular flexibility index (Phi) is 4.58. The zero-order chi connectivity index (χ0) is 13.9. The lowest BCUT2D eigenvalue weighted by atomic mass is 9.83. The van der Waals surface area contributed by atoms with Crippen molar-refractivity contribution in [2.24, 2.45) is 11.1 Å². The van der Waals surface area contributed by atoms with Gasteiger partial charge in [-0.1, -0.05) is 56.4 Å². The Bertz CT molecular complexity index is 428. The summed E-state index contributed by atoms with van der Waals surface area (Å²) in [6.07, 6.45) is 2.58. The molecule has 0 aliphatic carbocycles. The van der Waals surface area contributed by atoms with Crippen LogP contribution in [0.25, 0.3) is 0 Å². The second kappa shape index (κ2) is 6.02. The molecule has 3 heteroatoms. The van der Waals surface area contributed by atoms with Crippen molar-refractivity contribution in [2.45, 2.75) is 32.6 Å². The molecule has 2 rings (SSSR count). The van der Waals surface area contributed by atoms with Crippen LogP contribution in [0.5, 0.6) is 0 Å². The molecule has 2 nitrogen and oxygen atoms in total. The Labute approximate surface area is 122 Å². The van der Waals surface area contributed by atoms with Crippen LogP contribution < -0.4 is 5.73 Å². The zero-order valence-corrected chi connectivity index (χ0v) is 12.7. The number of benzene rings is 1. The Morgan fingerprint density at radius 1 is 1.37 bits per heavy atom. The molecule has 1 fully saturated rings. The van der Waals surface area contributed by atoms with Gasteiger partial charge < -0.3 is 10.6 Å². The third-order valence-electron chi connectivity index (χ3n) is 3.97. The molecule has 1 saturated heterocycles. The van der Waals surface area contributed by atoms with Crippen molar-refractivity contribution in [1.82, 2.24) is 4.90 Å². The van der Waals surface area contributed by atoms with Gasteiger partial charge in [0, 0.05) is 19.0 Å². The van der Waals surface area contributed by atoms with Crippen LogP contribution in [0.15, 0.2) is 30.3 Å². The first-order valence-corrected chi connectivity index (χ1v) is 7.45. The quantitative estimate of drug-likeness (QED) is 0.857. The summed E-state index contributed by atoms with van der Waals surface area (Å²) >= 11 is 5.28. The van der Waals surface area contributed by atoms with E-state index in [0.29, 0.717) is 10.4 Å². The summed E-state index contributed by atoms with van der Waals surface area (Å²) in [5.74, 6) is 0.171. The lowest BCUT2D eigenvalue weighted by molar-refractivity contribution is 0.117. The molecule has 1 atom stereocenters. The number of likely N-dealkylation sites (tertiary alicyclic amines) is 1. The molecule has 0 amide bonds. The summed E-state index contributed by atoms with van der Waals surface area (Å²) in [6.45, 7) is 7.94. The van der Waals surface area contributed by atoms with Crippen LogP contribution in [0.1, 0.15) is 38.2 Å². The maximum Gasteiger partial charge on any atom is 0.0816 e. The predicted molar refractivity (Wildman–Crippen MR) is 85.4 cm³/mol. The minimum Gasteiger partial charge on any atom is -0.393 e. The van der Waals surface area contributed by atoms with Gasteiger partial charge in [-0.3, -0.25) is 0 Å². The molecule has 0 bridgehead atoms.